The number of rotatable bonds is 12. The zero-order valence-corrected chi connectivity index (χ0v) is 27.3. The Balaban J connectivity index is 1.67. The van der Waals surface area contributed by atoms with Crippen LogP contribution in [-0.4, -0.2) is 53.8 Å². The summed E-state index contributed by atoms with van der Waals surface area (Å²) in [4.78, 5) is 69.7. The number of anilines is 1. The molecule has 2 unspecified atom stereocenters. The Kier molecular flexibility index (Phi) is 11.6. The average molecular weight is 701 g/mol. The van der Waals surface area contributed by atoms with Crippen molar-refractivity contribution in [2.45, 2.75) is 44.1 Å². The molecule has 0 fully saturated rings. The van der Waals surface area contributed by atoms with Crippen LogP contribution in [0.3, 0.4) is 0 Å². The monoisotopic (exact) mass is 700 g/mol. The van der Waals surface area contributed by atoms with E-state index in [4.69, 9.17) is 5.73 Å². The Morgan fingerprint density at radius 1 is 0.843 bits per heavy atom. The summed E-state index contributed by atoms with van der Waals surface area (Å²) in [6, 6.07) is 27.6. The van der Waals surface area contributed by atoms with Crippen molar-refractivity contribution in [2.24, 2.45) is 5.73 Å². The summed E-state index contributed by atoms with van der Waals surface area (Å²) in [7, 11) is 0. The number of aryl methyl sites for hydroxylation is 1. The van der Waals surface area contributed by atoms with Crippen molar-refractivity contribution in [3.05, 3.63) is 137 Å². The van der Waals surface area contributed by atoms with Gasteiger partial charge in [-0.1, -0.05) is 97.1 Å². The minimum atomic E-state index is -5.44. The molecule has 0 saturated heterocycles. The van der Waals surface area contributed by atoms with Crippen molar-refractivity contribution in [1.29, 1.82) is 0 Å². The van der Waals surface area contributed by atoms with Crippen LogP contribution in [0.4, 0.5) is 18.9 Å². The maximum atomic E-state index is 15.0. The fourth-order valence-electron chi connectivity index (χ4n) is 5.95. The lowest BCUT2D eigenvalue weighted by Crippen LogP contribution is -2.45. The summed E-state index contributed by atoms with van der Waals surface area (Å²) in [5.41, 5.74) is 7.85. The van der Waals surface area contributed by atoms with Crippen molar-refractivity contribution < 1.29 is 41.9 Å². The van der Waals surface area contributed by atoms with Gasteiger partial charge in [0, 0.05) is 19.5 Å². The average Bonchev–Trinajstić information content (AvgIpc) is 3.21. The Hall–Kier alpha value is -5.82. The van der Waals surface area contributed by atoms with Gasteiger partial charge in [0.1, 0.15) is 6.04 Å². The number of nitrogens with two attached hydrogens (primary N) is 1. The molecule has 264 valence electrons. The highest BCUT2D eigenvalue weighted by Gasteiger charge is 2.46. The quantitative estimate of drug-likeness (QED) is 0.153. The third-order valence-electron chi connectivity index (χ3n) is 8.32. The Bertz CT molecular complexity index is 1870. The fourth-order valence-corrected chi connectivity index (χ4v) is 5.95. The van der Waals surface area contributed by atoms with Crippen LogP contribution in [0, 0.1) is 0 Å². The second-order valence-corrected chi connectivity index (χ2v) is 11.8. The van der Waals surface area contributed by atoms with Gasteiger partial charge in [0.05, 0.1) is 30.3 Å². The SMILES string of the molecule is NCCNC(=O)CCc1ccc2c(c1)C(=O)N(C(CC(=O)OC(=O)C(F)(F)F)c1ccccc1)C(c1ccccc1)C(=O)N2Cc1ccccc1. The van der Waals surface area contributed by atoms with Gasteiger partial charge < -0.3 is 25.6 Å². The van der Waals surface area contributed by atoms with Gasteiger partial charge in [-0.3, -0.25) is 19.2 Å². The number of halogens is 3. The minimum Gasteiger partial charge on any atom is -0.386 e. The molecule has 5 rings (SSSR count). The molecule has 1 aliphatic rings. The van der Waals surface area contributed by atoms with Crippen molar-refractivity contribution >= 4 is 35.3 Å². The van der Waals surface area contributed by atoms with Gasteiger partial charge in [0.15, 0.2) is 0 Å². The zero-order valence-electron chi connectivity index (χ0n) is 27.3. The zero-order chi connectivity index (χ0) is 36.5. The molecule has 51 heavy (non-hydrogen) atoms. The predicted octanol–water partition coefficient (Wildman–Crippen LogP) is 5.19. The number of fused-ring (bicyclic) bond motifs is 1. The largest absolute Gasteiger partial charge is 0.491 e. The van der Waals surface area contributed by atoms with Crippen LogP contribution < -0.4 is 16.0 Å². The molecule has 4 aromatic rings. The number of benzene rings is 4. The van der Waals surface area contributed by atoms with E-state index in [-0.39, 0.29) is 43.1 Å². The van der Waals surface area contributed by atoms with E-state index in [1.54, 1.807) is 78.9 Å². The molecule has 1 aliphatic heterocycles. The van der Waals surface area contributed by atoms with Crippen LogP contribution in [-0.2, 0) is 36.9 Å². The molecule has 3 amide bonds. The third-order valence-corrected chi connectivity index (χ3v) is 8.32. The van der Waals surface area contributed by atoms with Gasteiger partial charge in [-0.2, -0.15) is 13.2 Å². The number of nitrogens with zero attached hydrogens (tertiary/aromatic N) is 2. The van der Waals surface area contributed by atoms with E-state index in [1.807, 2.05) is 30.3 Å². The van der Waals surface area contributed by atoms with E-state index in [1.165, 1.54) is 9.80 Å². The molecule has 0 aliphatic carbocycles. The Labute approximate surface area is 292 Å². The number of amides is 3. The number of alkyl halides is 3. The number of hydrogen-bond donors (Lipinski definition) is 2. The first-order valence-corrected chi connectivity index (χ1v) is 16.2. The van der Waals surface area contributed by atoms with Gasteiger partial charge >= 0.3 is 18.1 Å². The molecule has 13 heteroatoms. The number of esters is 2. The van der Waals surface area contributed by atoms with Crippen molar-refractivity contribution in [3.63, 3.8) is 0 Å². The first-order chi connectivity index (χ1) is 24.5. The lowest BCUT2D eigenvalue weighted by molar-refractivity contribution is -0.202. The van der Waals surface area contributed by atoms with Crippen LogP contribution in [0.2, 0.25) is 0 Å². The first-order valence-electron chi connectivity index (χ1n) is 16.2. The highest BCUT2D eigenvalue weighted by molar-refractivity contribution is 6.11. The molecule has 0 bridgehead atoms. The van der Waals surface area contributed by atoms with Crippen LogP contribution >= 0.6 is 0 Å². The summed E-state index contributed by atoms with van der Waals surface area (Å²) >= 11 is 0. The highest BCUT2D eigenvalue weighted by Crippen LogP contribution is 2.42. The van der Waals surface area contributed by atoms with Gasteiger partial charge in [-0.05, 0) is 40.8 Å². The molecule has 10 nitrogen and oxygen atoms in total. The molecule has 3 N–H and O–H groups in total. The number of carbonyl (C=O) groups excluding carboxylic acids is 5. The molecule has 0 saturated carbocycles. The van der Waals surface area contributed by atoms with E-state index in [0.717, 1.165) is 5.56 Å². The lowest BCUT2D eigenvalue weighted by atomic mass is 9.95. The maximum absolute atomic E-state index is 15.0. The molecular weight excluding hydrogens is 665 g/mol. The smallest absolute Gasteiger partial charge is 0.386 e. The fraction of sp³-hybridized carbons (Fsp3) is 0.237. The van der Waals surface area contributed by atoms with Crippen LogP contribution in [0.1, 0.15) is 57.5 Å². The van der Waals surface area contributed by atoms with E-state index in [0.29, 0.717) is 23.2 Å². The number of hydrogen-bond acceptors (Lipinski definition) is 7. The Morgan fingerprint density at radius 2 is 1.47 bits per heavy atom. The van der Waals surface area contributed by atoms with Crippen molar-refractivity contribution in [1.82, 2.24) is 10.2 Å². The van der Waals surface area contributed by atoms with Crippen molar-refractivity contribution in [3.8, 4) is 0 Å². The molecule has 0 spiro atoms. The van der Waals surface area contributed by atoms with Gasteiger partial charge in [0.25, 0.3) is 11.8 Å². The lowest BCUT2D eigenvalue weighted by Gasteiger charge is -2.37. The summed E-state index contributed by atoms with van der Waals surface area (Å²) in [6.45, 7) is 0.616. The van der Waals surface area contributed by atoms with E-state index < -0.39 is 48.4 Å². The van der Waals surface area contributed by atoms with Crippen LogP contribution in [0.5, 0.6) is 0 Å². The molecule has 4 aromatic carbocycles. The van der Waals surface area contributed by atoms with Gasteiger partial charge in [-0.25, -0.2) is 4.79 Å². The Morgan fingerprint density at radius 3 is 2.10 bits per heavy atom. The standard InChI is InChI=1S/C38H35F3N4O6/c39-38(40,41)37(50)51-33(47)23-31(27-12-6-2-7-13-27)45-34(28-14-8-3-9-15-28)36(49)44(24-26-10-4-1-5-11-26)30-18-16-25(22-29(30)35(45)48)17-19-32(46)43-21-20-42/h1-16,18,22,31,34H,17,19-21,23-24,42H2,(H,43,46). The molecule has 2 atom stereocenters. The van der Waals surface area contributed by atoms with E-state index in [2.05, 4.69) is 10.1 Å². The van der Waals surface area contributed by atoms with Crippen LogP contribution in [0.25, 0.3) is 0 Å². The second kappa shape index (κ2) is 16.3. The molecule has 0 aromatic heterocycles. The van der Waals surface area contributed by atoms with Crippen molar-refractivity contribution in [2.75, 3.05) is 18.0 Å². The molecule has 0 radical (unpaired) electrons. The summed E-state index contributed by atoms with van der Waals surface area (Å²) in [6.07, 6.45) is -6.00. The second-order valence-electron chi connectivity index (χ2n) is 11.8. The number of carbonyl (C=O) groups is 5. The van der Waals surface area contributed by atoms with Gasteiger partial charge in [0.2, 0.25) is 5.91 Å². The minimum absolute atomic E-state index is 0.0517. The topological polar surface area (TPSA) is 139 Å². The van der Waals surface area contributed by atoms with Gasteiger partial charge in [-0.15, -0.1) is 0 Å². The van der Waals surface area contributed by atoms with Crippen LogP contribution in [0.15, 0.2) is 109 Å². The summed E-state index contributed by atoms with van der Waals surface area (Å²) < 4.78 is 43.5. The van der Waals surface area contributed by atoms with E-state index in [9.17, 15) is 32.3 Å². The predicted molar refractivity (Wildman–Crippen MR) is 181 cm³/mol. The number of ether oxygens (including phenoxy) is 1. The molecule has 1 heterocycles. The summed E-state index contributed by atoms with van der Waals surface area (Å²) in [5.74, 6) is -5.74. The maximum Gasteiger partial charge on any atom is 0.491 e. The summed E-state index contributed by atoms with van der Waals surface area (Å²) in [5, 5.41) is 2.70. The third kappa shape index (κ3) is 8.86. The highest BCUT2D eigenvalue weighted by atomic mass is 19.4. The first kappa shape index (κ1) is 36.5. The van der Waals surface area contributed by atoms with E-state index >= 15 is 4.79 Å². The normalized spacial score (nSPS) is 15.1. The number of nitrogens with one attached hydrogen (secondary N) is 1. The molecular formula is C38H35F3N4O6.